The van der Waals surface area contributed by atoms with Crippen LogP contribution in [0.15, 0.2) is 28.7 Å². The number of amides is 1. The lowest BCUT2D eigenvalue weighted by molar-refractivity contribution is -0.148. The summed E-state index contributed by atoms with van der Waals surface area (Å²) in [6.45, 7) is 0.112. The van der Waals surface area contributed by atoms with Crippen LogP contribution < -0.4 is 15.4 Å². The highest BCUT2D eigenvalue weighted by Crippen LogP contribution is 2.53. The molecular weight excluding hydrogens is 556 g/mol. The van der Waals surface area contributed by atoms with E-state index >= 15 is 0 Å². The molecule has 224 valence electrons. The molecule has 0 fully saturated rings. The van der Waals surface area contributed by atoms with E-state index in [4.69, 9.17) is 5.73 Å². The van der Waals surface area contributed by atoms with Gasteiger partial charge in [0.15, 0.2) is 11.4 Å². The maximum Gasteiger partial charge on any atom is 0.255 e. The number of anilines is 1. The Labute approximate surface area is 238 Å². The SMILES string of the molecule is CN(C)c1cc(CCCNS(C)(=O)=O)c(O)c2c1C[C@@H]1C[C@H]3[C@@H](N(C)C)C(O)=C(C(N)=O)C(=O)[C@@]3(O)C(O)=C1C2=O. The van der Waals surface area contributed by atoms with Crippen molar-refractivity contribution in [1.29, 1.82) is 0 Å². The van der Waals surface area contributed by atoms with E-state index in [-0.39, 0.29) is 42.7 Å². The summed E-state index contributed by atoms with van der Waals surface area (Å²) in [5.41, 5.74) is 3.02. The Balaban J connectivity index is 1.86. The van der Waals surface area contributed by atoms with Crippen molar-refractivity contribution in [3.63, 3.8) is 0 Å². The van der Waals surface area contributed by atoms with Crippen LogP contribution in [0.1, 0.15) is 34.3 Å². The van der Waals surface area contributed by atoms with E-state index in [9.17, 15) is 43.2 Å². The number of hydrogen-bond acceptors (Lipinski definition) is 11. The minimum Gasteiger partial charge on any atom is -0.510 e. The number of Topliss-reactive ketones (excluding diaryl/α,β-unsaturated/α-hetero) is 2. The quantitative estimate of drug-likeness (QED) is 0.170. The lowest BCUT2D eigenvalue weighted by Crippen LogP contribution is -2.63. The molecule has 0 heterocycles. The predicted molar refractivity (Wildman–Crippen MR) is 149 cm³/mol. The number of phenols is 1. The highest BCUT2D eigenvalue weighted by molar-refractivity contribution is 7.88. The summed E-state index contributed by atoms with van der Waals surface area (Å²) in [7, 11) is 3.27. The van der Waals surface area contributed by atoms with Crippen molar-refractivity contribution in [2.45, 2.75) is 37.3 Å². The van der Waals surface area contributed by atoms with Crippen LogP contribution in [0.3, 0.4) is 0 Å². The topological polar surface area (TPSA) is 211 Å². The molecule has 3 aliphatic rings. The summed E-state index contributed by atoms with van der Waals surface area (Å²) < 4.78 is 25.2. The van der Waals surface area contributed by atoms with Crippen LogP contribution in [0.5, 0.6) is 5.75 Å². The van der Waals surface area contributed by atoms with Gasteiger partial charge in [-0.1, -0.05) is 0 Å². The predicted octanol–water partition coefficient (Wildman–Crippen LogP) is -0.332. The Bertz CT molecular complexity index is 1510. The summed E-state index contributed by atoms with van der Waals surface area (Å²) in [6, 6.07) is 0.667. The van der Waals surface area contributed by atoms with Crippen LogP contribution in [0.2, 0.25) is 0 Å². The standard InChI is InChI=1S/C27H36N4O9S/c1-30(2)16-11-12(7-6-8-29-41(5,39)40)21(32)18-14(16)9-13-10-15-20(31(3)4)23(34)19(26(28)37)25(36)27(15,38)24(35)17(13)22(18)33/h11,13,15,20,29,32,34-35,38H,6-10H2,1-5H3,(H2,28,37)/t13-,15+,20-,27+/m1/s1. The van der Waals surface area contributed by atoms with Crippen molar-refractivity contribution in [3.05, 3.63) is 45.4 Å². The molecule has 41 heavy (non-hydrogen) atoms. The molecule has 13 nitrogen and oxygen atoms in total. The first-order chi connectivity index (χ1) is 18.9. The number of ketones is 2. The van der Waals surface area contributed by atoms with Crippen molar-refractivity contribution in [2.24, 2.45) is 17.6 Å². The molecule has 4 rings (SSSR count). The van der Waals surface area contributed by atoms with Gasteiger partial charge < -0.3 is 31.1 Å². The molecule has 0 saturated heterocycles. The van der Waals surface area contributed by atoms with Gasteiger partial charge in [-0.15, -0.1) is 0 Å². The molecule has 1 amide bonds. The zero-order valence-corrected chi connectivity index (χ0v) is 24.4. The Morgan fingerprint density at radius 3 is 2.34 bits per heavy atom. The van der Waals surface area contributed by atoms with Crippen molar-refractivity contribution < 1.29 is 43.2 Å². The number of aliphatic hydroxyl groups is 3. The van der Waals surface area contributed by atoms with Gasteiger partial charge in [-0.2, -0.15) is 0 Å². The van der Waals surface area contributed by atoms with Gasteiger partial charge in [-0.05, 0) is 62.9 Å². The third-order valence-corrected chi connectivity index (χ3v) is 8.98. The van der Waals surface area contributed by atoms with Gasteiger partial charge in [0, 0.05) is 37.8 Å². The minimum atomic E-state index is -3.41. The number of nitrogens with one attached hydrogen (secondary N) is 1. The van der Waals surface area contributed by atoms with E-state index in [0.29, 0.717) is 23.2 Å². The van der Waals surface area contributed by atoms with Crippen LogP contribution in [-0.2, 0) is 32.5 Å². The second-order valence-electron chi connectivity index (χ2n) is 11.4. The van der Waals surface area contributed by atoms with Crippen LogP contribution in [0, 0.1) is 11.8 Å². The van der Waals surface area contributed by atoms with Gasteiger partial charge in [-0.25, -0.2) is 13.1 Å². The van der Waals surface area contributed by atoms with E-state index in [1.54, 1.807) is 39.2 Å². The number of aromatic hydroxyl groups is 1. The first kappa shape index (κ1) is 30.5. The van der Waals surface area contributed by atoms with Gasteiger partial charge in [0.2, 0.25) is 15.8 Å². The Morgan fingerprint density at radius 2 is 1.80 bits per heavy atom. The van der Waals surface area contributed by atoms with E-state index < -0.39 is 68.1 Å². The Kier molecular flexibility index (Phi) is 7.75. The highest BCUT2D eigenvalue weighted by Gasteiger charge is 2.63. The first-order valence-electron chi connectivity index (χ1n) is 13.1. The zero-order valence-electron chi connectivity index (χ0n) is 23.6. The molecule has 0 radical (unpaired) electrons. The number of sulfonamides is 1. The maximum atomic E-state index is 14.0. The molecule has 0 spiro atoms. The van der Waals surface area contributed by atoms with E-state index in [1.807, 2.05) is 0 Å². The van der Waals surface area contributed by atoms with Gasteiger partial charge in [0.25, 0.3) is 5.91 Å². The van der Waals surface area contributed by atoms with Gasteiger partial charge in [-0.3, -0.25) is 19.3 Å². The van der Waals surface area contributed by atoms with Gasteiger partial charge in [0.05, 0.1) is 17.9 Å². The smallest absolute Gasteiger partial charge is 0.255 e. The molecule has 7 N–H and O–H groups in total. The van der Waals surface area contributed by atoms with Crippen molar-refractivity contribution >= 4 is 33.2 Å². The van der Waals surface area contributed by atoms with E-state index in [2.05, 4.69) is 4.72 Å². The lowest BCUT2D eigenvalue weighted by Gasteiger charge is -2.50. The van der Waals surface area contributed by atoms with Crippen LogP contribution >= 0.6 is 0 Å². The molecule has 3 aliphatic carbocycles. The largest absolute Gasteiger partial charge is 0.510 e. The molecule has 0 unspecified atom stereocenters. The lowest BCUT2D eigenvalue weighted by atomic mass is 9.58. The van der Waals surface area contributed by atoms with Crippen LogP contribution in [0.25, 0.3) is 0 Å². The van der Waals surface area contributed by atoms with Gasteiger partial charge >= 0.3 is 0 Å². The Hall–Kier alpha value is -3.46. The first-order valence-corrected chi connectivity index (χ1v) is 15.0. The molecule has 0 aromatic heterocycles. The number of fused-ring (bicyclic) bond motifs is 3. The second-order valence-corrected chi connectivity index (χ2v) is 13.2. The number of benzene rings is 1. The van der Waals surface area contributed by atoms with E-state index in [1.165, 1.54) is 4.90 Å². The number of rotatable bonds is 8. The highest BCUT2D eigenvalue weighted by atomic mass is 32.2. The zero-order chi connectivity index (χ0) is 30.8. The number of primary amides is 1. The average Bonchev–Trinajstić information content (AvgIpc) is 2.83. The number of phenolic OH excluding ortho intramolecular Hbond substituents is 1. The average molecular weight is 593 g/mol. The number of allylic oxidation sites excluding steroid dienone is 1. The summed E-state index contributed by atoms with van der Waals surface area (Å²) in [4.78, 5) is 42.9. The second kappa shape index (κ2) is 10.4. The van der Waals surface area contributed by atoms with Crippen molar-refractivity contribution in [1.82, 2.24) is 9.62 Å². The van der Waals surface area contributed by atoms with E-state index in [0.717, 1.165) is 6.26 Å². The Morgan fingerprint density at radius 1 is 1.17 bits per heavy atom. The fourth-order valence-electron chi connectivity index (χ4n) is 6.48. The number of aryl methyl sites for hydroxylation is 1. The number of hydrogen-bond donors (Lipinski definition) is 6. The summed E-state index contributed by atoms with van der Waals surface area (Å²) in [6.07, 6.45) is 1.76. The molecule has 0 aliphatic heterocycles. The number of carbonyl (C=O) groups is 3. The molecule has 0 bridgehead atoms. The van der Waals surface area contributed by atoms with Crippen molar-refractivity contribution in [2.75, 3.05) is 45.9 Å². The molecule has 0 saturated carbocycles. The molecule has 1 aromatic carbocycles. The van der Waals surface area contributed by atoms with Gasteiger partial charge in [0.1, 0.15) is 22.8 Å². The summed E-state index contributed by atoms with van der Waals surface area (Å²) in [5, 5.41) is 45.3. The maximum absolute atomic E-state index is 14.0. The minimum absolute atomic E-state index is 0.00168. The number of aliphatic hydroxyl groups excluding tert-OH is 2. The van der Waals surface area contributed by atoms with Crippen LogP contribution in [0.4, 0.5) is 5.69 Å². The fourth-order valence-corrected chi connectivity index (χ4v) is 6.99. The number of nitrogens with two attached hydrogens (primary N) is 1. The third-order valence-electron chi connectivity index (χ3n) is 8.25. The number of likely N-dealkylation sites (N-methyl/N-ethyl adjacent to an activating group) is 1. The number of carbonyl (C=O) groups excluding carboxylic acids is 3. The molecular formula is C27H36N4O9S. The summed E-state index contributed by atoms with van der Waals surface area (Å²) in [5.74, 6) is -7.01. The van der Waals surface area contributed by atoms with Crippen molar-refractivity contribution in [3.8, 4) is 5.75 Å². The number of nitrogens with zero attached hydrogens (tertiary/aromatic N) is 2. The van der Waals surface area contributed by atoms with Crippen LogP contribution in [-0.4, -0.2) is 104 Å². The molecule has 4 atom stereocenters. The fraction of sp³-hybridized carbons (Fsp3) is 0.519. The molecule has 1 aromatic rings. The normalized spacial score (nSPS) is 26.2. The summed E-state index contributed by atoms with van der Waals surface area (Å²) >= 11 is 0. The third kappa shape index (κ3) is 4.88. The molecule has 14 heteroatoms. The monoisotopic (exact) mass is 592 g/mol.